The summed E-state index contributed by atoms with van der Waals surface area (Å²) in [6.45, 7) is 3.41. The number of rotatable bonds is 2. The van der Waals surface area contributed by atoms with Crippen molar-refractivity contribution in [3.63, 3.8) is 0 Å². The number of piperidine rings is 2. The smallest absolute Gasteiger partial charge is 0.342 e. The van der Waals surface area contributed by atoms with E-state index in [0.717, 1.165) is 12.5 Å². The van der Waals surface area contributed by atoms with Gasteiger partial charge in [-0.3, -0.25) is 9.59 Å². The lowest BCUT2D eigenvalue weighted by Gasteiger charge is -2.36. The van der Waals surface area contributed by atoms with E-state index in [1.54, 1.807) is 21.9 Å². The second-order valence-electron chi connectivity index (χ2n) is 8.24. The first-order valence-corrected chi connectivity index (χ1v) is 10.3. The number of hydrazone groups is 1. The molecule has 3 aliphatic rings. The summed E-state index contributed by atoms with van der Waals surface area (Å²) in [6.07, 6.45) is -2.69. The molecule has 2 atom stereocenters. The standard InChI is InChI=1S/C21H25F3N4O2/c1-13(29)28-11-8-18-16(12-28)19(26-25-18)20(30)27-9-6-14(7-10-27)15-4-2-3-5-17(15)21(22,23)24/h2-5,14,16,18,25H,6-12H2,1H3. The summed E-state index contributed by atoms with van der Waals surface area (Å²) in [5.41, 5.74) is 3.17. The van der Waals surface area contributed by atoms with Crippen molar-refractivity contribution in [1.82, 2.24) is 15.2 Å². The minimum Gasteiger partial charge on any atom is -0.342 e. The van der Waals surface area contributed by atoms with Crippen LogP contribution in [0.2, 0.25) is 0 Å². The van der Waals surface area contributed by atoms with Crippen LogP contribution in [-0.2, 0) is 15.8 Å². The van der Waals surface area contributed by atoms with Crippen molar-refractivity contribution in [3.05, 3.63) is 35.4 Å². The third-order valence-corrected chi connectivity index (χ3v) is 6.47. The maximum Gasteiger partial charge on any atom is 0.416 e. The zero-order chi connectivity index (χ0) is 21.5. The minimum absolute atomic E-state index is 0.0173. The molecule has 2 unspecified atom stereocenters. The molecule has 2 saturated heterocycles. The molecule has 0 radical (unpaired) electrons. The molecule has 3 heterocycles. The van der Waals surface area contributed by atoms with E-state index < -0.39 is 11.7 Å². The molecule has 1 N–H and O–H groups in total. The SMILES string of the molecule is CC(=O)N1CCC2NN=C(C(=O)N3CCC(c4ccccc4C(F)(F)F)CC3)C2C1. The Hall–Kier alpha value is -2.58. The van der Waals surface area contributed by atoms with E-state index in [-0.39, 0.29) is 29.7 Å². The van der Waals surface area contributed by atoms with E-state index in [4.69, 9.17) is 0 Å². The summed E-state index contributed by atoms with van der Waals surface area (Å²) in [6, 6.07) is 5.75. The number of hydrogen-bond donors (Lipinski definition) is 1. The predicted octanol–water partition coefficient (Wildman–Crippen LogP) is 2.61. The van der Waals surface area contributed by atoms with Crippen molar-refractivity contribution in [1.29, 1.82) is 0 Å². The van der Waals surface area contributed by atoms with Crippen LogP contribution in [0.15, 0.2) is 29.4 Å². The summed E-state index contributed by atoms with van der Waals surface area (Å²) in [5, 5.41) is 4.26. The molecule has 2 fully saturated rings. The van der Waals surface area contributed by atoms with Crippen LogP contribution in [0, 0.1) is 5.92 Å². The van der Waals surface area contributed by atoms with E-state index >= 15 is 0 Å². The van der Waals surface area contributed by atoms with Crippen LogP contribution in [0.25, 0.3) is 0 Å². The summed E-state index contributed by atoms with van der Waals surface area (Å²) in [5.74, 6) is -0.566. The van der Waals surface area contributed by atoms with Gasteiger partial charge in [0.25, 0.3) is 5.91 Å². The van der Waals surface area contributed by atoms with Gasteiger partial charge in [-0.1, -0.05) is 18.2 Å². The molecular weight excluding hydrogens is 397 g/mol. The van der Waals surface area contributed by atoms with E-state index in [0.29, 0.717) is 50.3 Å². The molecule has 0 spiro atoms. The van der Waals surface area contributed by atoms with Crippen LogP contribution >= 0.6 is 0 Å². The predicted molar refractivity (Wildman–Crippen MR) is 105 cm³/mol. The first-order valence-electron chi connectivity index (χ1n) is 10.3. The molecule has 30 heavy (non-hydrogen) atoms. The number of nitrogens with zero attached hydrogens (tertiary/aromatic N) is 3. The fourth-order valence-corrected chi connectivity index (χ4v) is 4.78. The molecule has 4 rings (SSSR count). The number of benzene rings is 1. The Bertz CT molecular complexity index is 862. The molecular formula is C21H25F3N4O2. The van der Waals surface area contributed by atoms with E-state index in [1.807, 2.05) is 0 Å². The van der Waals surface area contributed by atoms with Crippen molar-refractivity contribution in [2.24, 2.45) is 11.0 Å². The highest BCUT2D eigenvalue weighted by Crippen LogP contribution is 2.38. The normalized spacial score (nSPS) is 24.9. The molecule has 0 bridgehead atoms. The third-order valence-electron chi connectivity index (χ3n) is 6.47. The summed E-state index contributed by atoms with van der Waals surface area (Å²) < 4.78 is 40.0. The molecule has 162 valence electrons. The quantitative estimate of drug-likeness (QED) is 0.797. The Labute approximate surface area is 173 Å². The highest BCUT2D eigenvalue weighted by molar-refractivity contribution is 6.40. The molecule has 0 saturated carbocycles. The molecule has 1 aromatic carbocycles. The Morgan fingerprint density at radius 2 is 1.73 bits per heavy atom. The lowest BCUT2D eigenvalue weighted by atomic mass is 9.85. The first-order chi connectivity index (χ1) is 14.3. The fourth-order valence-electron chi connectivity index (χ4n) is 4.78. The van der Waals surface area contributed by atoms with E-state index in [2.05, 4.69) is 10.5 Å². The van der Waals surface area contributed by atoms with Crippen molar-refractivity contribution in [2.45, 2.75) is 44.3 Å². The van der Waals surface area contributed by atoms with Gasteiger partial charge in [-0.05, 0) is 36.8 Å². The number of hydrogen-bond acceptors (Lipinski definition) is 4. The zero-order valence-electron chi connectivity index (χ0n) is 16.8. The maximum atomic E-state index is 13.3. The number of fused-ring (bicyclic) bond motifs is 1. The van der Waals surface area contributed by atoms with E-state index in [9.17, 15) is 22.8 Å². The second kappa shape index (κ2) is 7.92. The summed E-state index contributed by atoms with van der Waals surface area (Å²) in [7, 11) is 0. The van der Waals surface area contributed by atoms with Gasteiger partial charge in [-0.2, -0.15) is 18.3 Å². The van der Waals surface area contributed by atoms with Gasteiger partial charge in [-0.15, -0.1) is 0 Å². The Morgan fingerprint density at radius 3 is 2.40 bits per heavy atom. The Balaban J connectivity index is 1.42. The largest absolute Gasteiger partial charge is 0.416 e. The van der Waals surface area contributed by atoms with Crippen molar-refractivity contribution in [3.8, 4) is 0 Å². The molecule has 9 heteroatoms. The first kappa shape index (κ1) is 20.7. The zero-order valence-corrected chi connectivity index (χ0v) is 16.8. The second-order valence-corrected chi connectivity index (χ2v) is 8.24. The van der Waals surface area contributed by atoms with Gasteiger partial charge in [0, 0.05) is 39.0 Å². The van der Waals surface area contributed by atoms with Crippen LogP contribution in [-0.4, -0.2) is 59.5 Å². The van der Waals surface area contributed by atoms with Gasteiger partial charge < -0.3 is 15.2 Å². The minimum atomic E-state index is -4.38. The third kappa shape index (κ3) is 3.89. The summed E-state index contributed by atoms with van der Waals surface area (Å²) in [4.78, 5) is 28.2. The van der Waals surface area contributed by atoms with Gasteiger partial charge in [0.1, 0.15) is 5.71 Å². The monoisotopic (exact) mass is 422 g/mol. The van der Waals surface area contributed by atoms with Crippen LogP contribution in [0.4, 0.5) is 13.2 Å². The topological polar surface area (TPSA) is 65.0 Å². The van der Waals surface area contributed by atoms with Gasteiger partial charge in [0.2, 0.25) is 5.91 Å². The number of carbonyl (C=O) groups excluding carboxylic acids is 2. The summed E-state index contributed by atoms with van der Waals surface area (Å²) >= 11 is 0. The maximum absolute atomic E-state index is 13.3. The molecule has 1 aromatic rings. The lowest BCUT2D eigenvalue weighted by molar-refractivity contribution is -0.138. The van der Waals surface area contributed by atoms with Gasteiger partial charge in [0.15, 0.2) is 0 Å². The van der Waals surface area contributed by atoms with Crippen molar-refractivity contribution < 1.29 is 22.8 Å². The van der Waals surface area contributed by atoms with Crippen LogP contribution in [0.3, 0.4) is 0 Å². The van der Waals surface area contributed by atoms with Crippen LogP contribution in [0.5, 0.6) is 0 Å². The fraction of sp³-hybridized carbons (Fsp3) is 0.571. The number of likely N-dealkylation sites (tertiary alicyclic amines) is 2. The van der Waals surface area contributed by atoms with E-state index in [1.165, 1.54) is 13.0 Å². The molecule has 6 nitrogen and oxygen atoms in total. The lowest BCUT2D eigenvalue weighted by Crippen LogP contribution is -2.51. The molecule has 0 aromatic heterocycles. The van der Waals surface area contributed by atoms with Gasteiger partial charge in [-0.25, -0.2) is 0 Å². The van der Waals surface area contributed by atoms with Gasteiger partial charge in [0.05, 0.1) is 11.6 Å². The average molecular weight is 422 g/mol. The molecule has 3 aliphatic heterocycles. The number of alkyl halides is 3. The highest BCUT2D eigenvalue weighted by atomic mass is 19.4. The van der Waals surface area contributed by atoms with Crippen LogP contribution in [0.1, 0.15) is 43.2 Å². The average Bonchev–Trinajstić information content (AvgIpc) is 3.16. The Kier molecular flexibility index (Phi) is 5.46. The van der Waals surface area contributed by atoms with Crippen molar-refractivity contribution in [2.75, 3.05) is 26.2 Å². The van der Waals surface area contributed by atoms with Crippen molar-refractivity contribution >= 4 is 17.5 Å². The number of nitrogens with one attached hydrogen (secondary N) is 1. The number of carbonyl (C=O) groups is 2. The molecule has 2 amide bonds. The van der Waals surface area contributed by atoms with Crippen LogP contribution < -0.4 is 5.43 Å². The highest BCUT2D eigenvalue weighted by Gasteiger charge is 2.42. The molecule has 0 aliphatic carbocycles. The van der Waals surface area contributed by atoms with Gasteiger partial charge >= 0.3 is 6.18 Å². The Morgan fingerprint density at radius 1 is 1.07 bits per heavy atom. The number of halogens is 3. The number of amides is 2.